The predicted octanol–water partition coefficient (Wildman–Crippen LogP) is 3.66. The van der Waals surface area contributed by atoms with Crippen LogP contribution in [0.25, 0.3) is 0 Å². The average molecular weight is 523 g/mol. The van der Waals surface area contributed by atoms with Crippen LogP contribution in [0.3, 0.4) is 0 Å². The molecule has 196 valence electrons. The fraction of sp³-hybridized carbons (Fsp3) is 0.737. The number of thiazole rings is 1. The van der Waals surface area contributed by atoms with Gasteiger partial charge in [0.25, 0.3) is 0 Å². The molecule has 1 unspecified atom stereocenters. The number of alkyl halides is 6. The zero-order valence-corrected chi connectivity index (χ0v) is 19.0. The van der Waals surface area contributed by atoms with Crippen molar-refractivity contribution in [3.63, 3.8) is 0 Å². The molecule has 2 saturated heterocycles. The molecule has 0 aliphatic carbocycles. The number of hydrogen-bond donors (Lipinski definition) is 2. The number of halogens is 6. The molecule has 1 aromatic rings. The Bertz CT molecular complexity index is 703. The zero-order chi connectivity index (χ0) is 25.8. The molecule has 0 bridgehead atoms. The highest BCUT2D eigenvalue weighted by Crippen LogP contribution is 2.32. The lowest BCUT2D eigenvalue weighted by Gasteiger charge is -2.27. The van der Waals surface area contributed by atoms with E-state index >= 15 is 0 Å². The van der Waals surface area contributed by atoms with E-state index in [4.69, 9.17) is 24.5 Å². The number of aliphatic carboxylic acids is 2. The summed E-state index contributed by atoms with van der Waals surface area (Å²) in [4.78, 5) is 27.5. The first-order valence-corrected chi connectivity index (χ1v) is 11.2. The van der Waals surface area contributed by atoms with E-state index in [9.17, 15) is 26.3 Å². The van der Waals surface area contributed by atoms with Gasteiger partial charge in [0.05, 0.1) is 19.3 Å². The standard InChI is InChI=1S/C15H25N3OS.2C2HF3O2/c1(6-17-9-11-19-12-10-17)2-7-18-8-3-4-14(18)15-16-5-13-20-15;2*3-2(4,5)1(6)7/h5,13-14H,1-4,6-12H2;2*(H,6,7). The molecule has 0 aromatic carbocycles. The van der Waals surface area contributed by atoms with Gasteiger partial charge in [-0.1, -0.05) is 0 Å². The Labute approximate surface area is 196 Å². The molecule has 2 aliphatic heterocycles. The molecule has 3 heterocycles. The molecule has 1 atom stereocenters. The van der Waals surface area contributed by atoms with Crippen LogP contribution in [0.2, 0.25) is 0 Å². The molecule has 3 rings (SSSR count). The van der Waals surface area contributed by atoms with Crippen molar-refractivity contribution in [2.75, 3.05) is 45.9 Å². The van der Waals surface area contributed by atoms with E-state index in [1.807, 2.05) is 17.5 Å². The van der Waals surface area contributed by atoms with Crippen molar-refractivity contribution in [1.82, 2.24) is 14.8 Å². The molecule has 0 radical (unpaired) electrons. The molecule has 0 saturated carbocycles. The van der Waals surface area contributed by atoms with Gasteiger partial charge < -0.3 is 14.9 Å². The van der Waals surface area contributed by atoms with Crippen molar-refractivity contribution in [2.45, 2.75) is 44.1 Å². The van der Waals surface area contributed by atoms with Crippen molar-refractivity contribution in [2.24, 2.45) is 0 Å². The number of carboxylic acid groups (broad SMARTS) is 2. The Morgan fingerprint density at radius 3 is 2.00 bits per heavy atom. The molecule has 2 aliphatic rings. The Hall–Kier alpha value is -1.97. The van der Waals surface area contributed by atoms with Gasteiger partial charge in [-0.25, -0.2) is 14.6 Å². The number of aromatic nitrogens is 1. The van der Waals surface area contributed by atoms with Gasteiger partial charge in [-0.2, -0.15) is 26.3 Å². The van der Waals surface area contributed by atoms with E-state index in [0.717, 1.165) is 26.3 Å². The quantitative estimate of drug-likeness (QED) is 0.430. The summed E-state index contributed by atoms with van der Waals surface area (Å²) in [6.07, 6.45) is -3.00. The number of carbonyl (C=O) groups is 2. The average Bonchev–Trinajstić information content (AvgIpc) is 3.43. The summed E-state index contributed by atoms with van der Waals surface area (Å²) in [6, 6.07) is 0.596. The molecule has 8 nitrogen and oxygen atoms in total. The molecule has 1 aromatic heterocycles. The fourth-order valence-electron chi connectivity index (χ4n) is 3.25. The third kappa shape index (κ3) is 11.9. The number of hydrogen-bond acceptors (Lipinski definition) is 7. The summed E-state index contributed by atoms with van der Waals surface area (Å²) >= 11 is 1.81. The first-order chi connectivity index (χ1) is 15.8. The number of nitrogens with zero attached hydrogens (tertiary/aromatic N) is 3. The van der Waals surface area contributed by atoms with Gasteiger partial charge >= 0.3 is 24.3 Å². The smallest absolute Gasteiger partial charge is 0.475 e. The largest absolute Gasteiger partial charge is 0.490 e. The number of carboxylic acids is 2. The second-order valence-corrected chi connectivity index (χ2v) is 8.26. The Morgan fingerprint density at radius 2 is 1.53 bits per heavy atom. The maximum absolute atomic E-state index is 10.6. The molecule has 2 fully saturated rings. The first kappa shape index (κ1) is 30.1. The SMILES string of the molecule is O=C(O)C(F)(F)F.O=C(O)C(F)(F)F.c1csc(C2CCCN2CCCCN2CCOCC2)n1. The molecule has 15 heteroatoms. The van der Waals surface area contributed by atoms with Gasteiger partial charge in [0, 0.05) is 24.7 Å². The third-order valence-electron chi connectivity index (χ3n) is 4.86. The van der Waals surface area contributed by atoms with Crippen molar-refractivity contribution in [3.05, 3.63) is 16.6 Å². The van der Waals surface area contributed by atoms with Crippen LogP contribution in [0.5, 0.6) is 0 Å². The second-order valence-electron chi connectivity index (χ2n) is 7.33. The number of morpholine rings is 1. The van der Waals surface area contributed by atoms with E-state index in [2.05, 4.69) is 20.2 Å². The van der Waals surface area contributed by atoms with Crippen molar-refractivity contribution in [3.8, 4) is 0 Å². The van der Waals surface area contributed by atoms with E-state index in [1.54, 1.807) is 0 Å². The maximum Gasteiger partial charge on any atom is 0.490 e. The van der Waals surface area contributed by atoms with Gasteiger partial charge in [0.1, 0.15) is 5.01 Å². The molecule has 2 N–H and O–H groups in total. The summed E-state index contributed by atoms with van der Waals surface area (Å²) in [5.41, 5.74) is 0. The molecular weight excluding hydrogens is 496 g/mol. The first-order valence-electron chi connectivity index (χ1n) is 10.4. The summed E-state index contributed by atoms with van der Waals surface area (Å²) in [5, 5.41) is 17.7. The normalized spacial score (nSPS) is 19.5. The third-order valence-corrected chi connectivity index (χ3v) is 5.74. The lowest BCUT2D eigenvalue weighted by molar-refractivity contribution is -0.193. The van der Waals surface area contributed by atoms with Crippen LogP contribution >= 0.6 is 11.3 Å². The zero-order valence-electron chi connectivity index (χ0n) is 18.1. The summed E-state index contributed by atoms with van der Waals surface area (Å²) in [5.74, 6) is -5.51. The molecule has 0 amide bonds. The fourth-order valence-corrected chi connectivity index (χ4v) is 4.05. The van der Waals surface area contributed by atoms with Crippen LogP contribution in [0, 0.1) is 0 Å². The number of ether oxygens (including phenoxy) is 1. The van der Waals surface area contributed by atoms with Crippen LogP contribution in [0.15, 0.2) is 11.6 Å². The molecule has 0 spiro atoms. The van der Waals surface area contributed by atoms with E-state index in [-0.39, 0.29) is 0 Å². The summed E-state index contributed by atoms with van der Waals surface area (Å²) in [6.45, 7) is 7.78. The van der Waals surface area contributed by atoms with Gasteiger partial charge in [-0.05, 0) is 45.3 Å². The minimum atomic E-state index is -5.08. The van der Waals surface area contributed by atoms with Gasteiger partial charge in [0.15, 0.2) is 0 Å². The monoisotopic (exact) mass is 523 g/mol. The van der Waals surface area contributed by atoms with Gasteiger partial charge in [0.2, 0.25) is 0 Å². The van der Waals surface area contributed by atoms with E-state index in [0.29, 0.717) is 6.04 Å². The summed E-state index contributed by atoms with van der Waals surface area (Å²) in [7, 11) is 0. The Morgan fingerprint density at radius 1 is 1.00 bits per heavy atom. The van der Waals surface area contributed by atoms with E-state index < -0.39 is 24.3 Å². The minimum Gasteiger partial charge on any atom is -0.475 e. The topological polar surface area (TPSA) is 103 Å². The lowest BCUT2D eigenvalue weighted by Crippen LogP contribution is -2.37. The van der Waals surface area contributed by atoms with Gasteiger partial charge in [-0.3, -0.25) is 9.80 Å². The van der Waals surface area contributed by atoms with Gasteiger partial charge in [-0.15, -0.1) is 11.3 Å². The highest BCUT2D eigenvalue weighted by molar-refractivity contribution is 7.09. The minimum absolute atomic E-state index is 0.596. The number of rotatable bonds is 6. The number of likely N-dealkylation sites (tertiary alicyclic amines) is 1. The van der Waals surface area contributed by atoms with Crippen LogP contribution in [0.4, 0.5) is 26.3 Å². The van der Waals surface area contributed by atoms with Crippen molar-refractivity contribution < 1.29 is 50.9 Å². The summed E-state index contributed by atoms with van der Waals surface area (Å²) < 4.78 is 68.9. The van der Waals surface area contributed by atoms with Crippen LogP contribution < -0.4 is 0 Å². The molecular formula is C19H27F6N3O5S. The Balaban J connectivity index is 0.000000343. The van der Waals surface area contributed by atoms with Crippen LogP contribution in [-0.4, -0.2) is 95.2 Å². The highest BCUT2D eigenvalue weighted by Gasteiger charge is 2.38. The van der Waals surface area contributed by atoms with Crippen LogP contribution in [0.1, 0.15) is 36.7 Å². The van der Waals surface area contributed by atoms with Crippen molar-refractivity contribution in [1.29, 1.82) is 0 Å². The lowest BCUT2D eigenvalue weighted by atomic mass is 10.2. The number of unbranched alkanes of at least 4 members (excludes halogenated alkanes) is 1. The maximum atomic E-state index is 10.6. The molecule has 34 heavy (non-hydrogen) atoms. The van der Waals surface area contributed by atoms with E-state index in [1.165, 1.54) is 50.3 Å². The van der Waals surface area contributed by atoms with Crippen molar-refractivity contribution >= 4 is 23.3 Å². The Kier molecular flexibility index (Phi) is 12.8. The highest BCUT2D eigenvalue weighted by atomic mass is 32.1. The van der Waals surface area contributed by atoms with Crippen LogP contribution in [-0.2, 0) is 14.3 Å². The second kappa shape index (κ2) is 14.4. The predicted molar refractivity (Wildman–Crippen MR) is 110 cm³/mol.